The summed E-state index contributed by atoms with van der Waals surface area (Å²) in [5, 5.41) is 13.9. The van der Waals surface area contributed by atoms with E-state index in [0.717, 1.165) is 37.5 Å². The van der Waals surface area contributed by atoms with Crippen molar-refractivity contribution in [2.24, 2.45) is 5.92 Å². The molecule has 0 bridgehead atoms. The highest BCUT2D eigenvalue weighted by molar-refractivity contribution is 5.93. The molecule has 3 N–H and O–H groups in total. The number of hydrogen-bond donors (Lipinski definition) is 3. The van der Waals surface area contributed by atoms with Crippen molar-refractivity contribution >= 4 is 17.7 Å². The van der Waals surface area contributed by atoms with E-state index in [0.29, 0.717) is 5.92 Å². The van der Waals surface area contributed by atoms with E-state index in [9.17, 15) is 14.0 Å². The number of nitrogens with one attached hydrogen (secondary N) is 2. The lowest BCUT2D eigenvalue weighted by Gasteiger charge is -2.09. The molecule has 1 aliphatic rings. The lowest BCUT2D eigenvalue weighted by atomic mass is 10.2. The van der Waals surface area contributed by atoms with Crippen molar-refractivity contribution in [3.63, 3.8) is 0 Å². The number of aromatic carboxylic acids is 1. The number of amides is 2. The minimum absolute atomic E-state index is 0.0722. The standard InChI is InChI=1S/C14H17FN2O3/c1-2-3-8-6-11(8)16-14(20)17-12-7-9(13(18)19)4-5-10(12)15/h4-5,7-8,11H,2-3,6H2,1H3,(H,18,19)(H2,16,17,20). The summed E-state index contributed by atoms with van der Waals surface area (Å²) in [6.45, 7) is 2.09. The first-order valence-corrected chi connectivity index (χ1v) is 6.61. The Morgan fingerprint density at radius 3 is 2.85 bits per heavy atom. The lowest BCUT2D eigenvalue weighted by Crippen LogP contribution is -2.31. The van der Waals surface area contributed by atoms with E-state index in [2.05, 4.69) is 17.6 Å². The SMILES string of the molecule is CCCC1CC1NC(=O)Nc1cc(C(=O)O)ccc1F. The second kappa shape index (κ2) is 5.90. The minimum Gasteiger partial charge on any atom is -0.478 e. The molecule has 0 aromatic heterocycles. The fourth-order valence-electron chi connectivity index (χ4n) is 2.20. The summed E-state index contributed by atoms with van der Waals surface area (Å²) in [4.78, 5) is 22.5. The van der Waals surface area contributed by atoms with Crippen LogP contribution in [0.1, 0.15) is 36.5 Å². The predicted octanol–water partition coefficient (Wildman–Crippen LogP) is 2.83. The molecular weight excluding hydrogens is 263 g/mol. The molecule has 20 heavy (non-hydrogen) atoms. The molecule has 1 aromatic rings. The minimum atomic E-state index is -1.17. The molecular formula is C14H17FN2O3. The average Bonchev–Trinajstić information content (AvgIpc) is 3.10. The number of hydrogen-bond acceptors (Lipinski definition) is 2. The number of rotatable bonds is 5. The average molecular weight is 280 g/mol. The first kappa shape index (κ1) is 14.3. The van der Waals surface area contributed by atoms with Gasteiger partial charge in [-0.25, -0.2) is 14.0 Å². The zero-order chi connectivity index (χ0) is 14.7. The summed E-state index contributed by atoms with van der Waals surface area (Å²) in [6.07, 6.45) is 3.08. The third-order valence-corrected chi connectivity index (χ3v) is 3.36. The second-order valence-electron chi connectivity index (χ2n) is 4.99. The molecule has 1 saturated carbocycles. The smallest absolute Gasteiger partial charge is 0.335 e. The van der Waals surface area contributed by atoms with Gasteiger partial charge >= 0.3 is 12.0 Å². The maximum Gasteiger partial charge on any atom is 0.335 e. The Balaban J connectivity index is 1.94. The molecule has 0 saturated heterocycles. The monoisotopic (exact) mass is 280 g/mol. The van der Waals surface area contributed by atoms with Crippen molar-refractivity contribution in [3.8, 4) is 0 Å². The van der Waals surface area contributed by atoms with Gasteiger partial charge in [-0.15, -0.1) is 0 Å². The van der Waals surface area contributed by atoms with Gasteiger partial charge in [-0.3, -0.25) is 0 Å². The third-order valence-electron chi connectivity index (χ3n) is 3.36. The Hall–Kier alpha value is -2.11. The van der Waals surface area contributed by atoms with E-state index in [4.69, 9.17) is 5.11 Å². The lowest BCUT2D eigenvalue weighted by molar-refractivity contribution is 0.0697. The first-order chi connectivity index (χ1) is 9.51. The molecule has 1 fully saturated rings. The van der Waals surface area contributed by atoms with Crippen LogP contribution in [0.2, 0.25) is 0 Å². The quantitative estimate of drug-likeness (QED) is 0.776. The van der Waals surface area contributed by atoms with Gasteiger partial charge in [-0.05, 0) is 37.0 Å². The van der Waals surface area contributed by atoms with Gasteiger partial charge in [0.1, 0.15) is 5.82 Å². The number of carbonyl (C=O) groups is 2. The zero-order valence-electron chi connectivity index (χ0n) is 11.1. The molecule has 1 aromatic carbocycles. The molecule has 0 radical (unpaired) electrons. The molecule has 0 heterocycles. The Labute approximate surface area is 116 Å². The van der Waals surface area contributed by atoms with Gasteiger partial charge in [0.2, 0.25) is 0 Å². The zero-order valence-corrected chi connectivity index (χ0v) is 11.1. The van der Waals surface area contributed by atoms with Crippen LogP contribution in [0.25, 0.3) is 0 Å². The van der Waals surface area contributed by atoms with Gasteiger partial charge in [0.05, 0.1) is 11.3 Å². The summed E-state index contributed by atoms with van der Waals surface area (Å²) >= 11 is 0. The van der Waals surface area contributed by atoms with Gasteiger partial charge < -0.3 is 15.7 Å². The van der Waals surface area contributed by atoms with Gasteiger partial charge in [-0.2, -0.15) is 0 Å². The summed E-state index contributed by atoms with van der Waals surface area (Å²) in [6, 6.07) is 2.92. The topological polar surface area (TPSA) is 78.4 Å². The van der Waals surface area contributed by atoms with Crippen LogP contribution in [0.4, 0.5) is 14.9 Å². The number of urea groups is 1. The van der Waals surface area contributed by atoms with Crippen molar-refractivity contribution < 1.29 is 19.1 Å². The normalized spacial score (nSPS) is 20.3. The maximum absolute atomic E-state index is 13.5. The molecule has 108 valence electrons. The molecule has 2 unspecified atom stereocenters. The number of carboxylic acid groups (broad SMARTS) is 1. The fraction of sp³-hybridized carbons (Fsp3) is 0.429. The molecule has 2 amide bonds. The summed E-state index contributed by atoms with van der Waals surface area (Å²) in [7, 11) is 0. The fourth-order valence-corrected chi connectivity index (χ4v) is 2.20. The van der Waals surface area contributed by atoms with Crippen LogP contribution in [0, 0.1) is 11.7 Å². The highest BCUT2D eigenvalue weighted by Gasteiger charge is 2.37. The van der Waals surface area contributed by atoms with Gasteiger partial charge in [0.15, 0.2) is 0 Å². The molecule has 2 atom stereocenters. The van der Waals surface area contributed by atoms with E-state index in [1.807, 2.05) is 0 Å². The van der Waals surface area contributed by atoms with Gasteiger partial charge in [0, 0.05) is 6.04 Å². The van der Waals surface area contributed by atoms with Crippen molar-refractivity contribution in [3.05, 3.63) is 29.6 Å². The van der Waals surface area contributed by atoms with Crippen LogP contribution in [0.15, 0.2) is 18.2 Å². The van der Waals surface area contributed by atoms with Crippen molar-refractivity contribution in [1.29, 1.82) is 0 Å². The maximum atomic E-state index is 13.5. The van der Waals surface area contributed by atoms with Crippen LogP contribution in [0.3, 0.4) is 0 Å². The number of benzene rings is 1. The van der Waals surface area contributed by atoms with E-state index in [1.165, 1.54) is 0 Å². The van der Waals surface area contributed by atoms with E-state index in [-0.39, 0.29) is 17.3 Å². The van der Waals surface area contributed by atoms with Crippen LogP contribution in [-0.2, 0) is 0 Å². The summed E-state index contributed by atoms with van der Waals surface area (Å²) < 4.78 is 13.5. The Morgan fingerprint density at radius 2 is 2.20 bits per heavy atom. The van der Waals surface area contributed by atoms with Crippen LogP contribution >= 0.6 is 0 Å². The Morgan fingerprint density at radius 1 is 1.45 bits per heavy atom. The summed E-state index contributed by atoms with van der Waals surface area (Å²) in [5.74, 6) is -1.33. The van der Waals surface area contributed by atoms with E-state index < -0.39 is 17.8 Å². The molecule has 2 rings (SSSR count). The molecule has 5 nitrogen and oxygen atoms in total. The molecule has 0 aliphatic heterocycles. The second-order valence-corrected chi connectivity index (χ2v) is 4.99. The van der Waals surface area contributed by atoms with Crippen LogP contribution < -0.4 is 10.6 Å². The number of anilines is 1. The van der Waals surface area contributed by atoms with Crippen molar-refractivity contribution in [1.82, 2.24) is 5.32 Å². The third kappa shape index (κ3) is 3.46. The molecule has 6 heteroatoms. The van der Waals surface area contributed by atoms with E-state index in [1.54, 1.807) is 0 Å². The largest absolute Gasteiger partial charge is 0.478 e. The van der Waals surface area contributed by atoms with E-state index >= 15 is 0 Å². The van der Waals surface area contributed by atoms with Gasteiger partial charge in [0.25, 0.3) is 0 Å². The van der Waals surface area contributed by atoms with Crippen LogP contribution in [-0.4, -0.2) is 23.1 Å². The molecule has 0 spiro atoms. The Bertz CT molecular complexity index is 533. The first-order valence-electron chi connectivity index (χ1n) is 6.61. The predicted molar refractivity (Wildman–Crippen MR) is 72.3 cm³/mol. The summed E-state index contributed by atoms with van der Waals surface area (Å²) in [5.41, 5.74) is -0.202. The van der Waals surface area contributed by atoms with Crippen molar-refractivity contribution in [2.75, 3.05) is 5.32 Å². The van der Waals surface area contributed by atoms with Crippen molar-refractivity contribution in [2.45, 2.75) is 32.2 Å². The number of halogens is 1. The Kier molecular flexibility index (Phi) is 4.22. The highest BCUT2D eigenvalue weighted by atomic mass is 19.1. The number of carbonyl (C=O) groups excluding carboxylic acids is 1. The highest BCUT2D eigenvalue weighted by Crippen LogP contribution is 2.34. The van der Waals surface area contributed by atoms with Crippen LogP contribution in [0.5, 0.6) is 0 Å². The molecule has 1 aliphatic carbocycles. The van der Waals surface area contributed by atoms with Gasteiger partial charge in [-0.1, -0.05) is 13.3 Å². The number of carboxylic acids is 1.